The van der Waals surface area contributed by atoms with E-state index < -0.39 is 0 Å². The second-order valence-electron chi connectivity index (χ2n) is 6.97. The molecule has 1 amide bonds. The van der Waals surface area contributed by atoms with Gasteiger partial charge in [0.2, 0.25) is 5.91 Å². The monoisotopic (exact) mass is 489 g/mol. The molecule has 0 unspecified atom stereocenters. The van der Waals surface area contributed by atoms with Crippen molar-refractivity contribution >= 4 is 45.2 Å². The Kier molecular flexibility index (Phi) is 6.63. The quantitative estimate of drug-likeness (QED) is 0.408. The van der Waals surface area contributed by atoms with Crippen molar-refractivity contribution in [2.75, 3.05) is 18.8 Å². The molecule has 3 aromatic rings. The standard InChI is InChI=1S/C22H21BrClN3OS/c23-17-6-4-16(5-7-17)20-14-25-22(27(20)19-10-8-18(24)9-11-19)29-15-21(28)26-12-2-1-3-13-26/h4-11,14H,1-3,12-13,15H2. The fourth-order valence-corrected chi connectivity index (χ4v) is 4.75. The highest BCUT2D eigenvalue weighted by Crippen LogP contribution is 2.31. The molecule has 150 valence electrons. The first-order chi connectivity index (χ1) is 14.1. The molecule has 2 aromatic carbocycles. The molecular weight excluding hydrogens is 470 g/mol. The summed E-state index contributed by atoms with van der Waals surface area (Å²) >= 11 is 11.1. The van der Waals surface area contributed by atoms with E-state index in [2.05, 4.69) is 37.6 Å². The SMILES string of the molecule is O=C(CSc1ncc(-c2ccc(Br)cc2)n1-c1ccc(Cl)cc1)N1CCCCC1. The molecule has 0 spiro atoms. The van der Waals surface area contributed by atoms with Crippen molar-refractivity contribution in [2.24, 2.45) is 0 Å². The molecule has 0 atom stereocenters. The normalized spacial score (nSPS) is 14.2. The number of rotatable bonds is 5. The maximum absolute atomic E-state index is 12.6. The van der Waals surface area contributed by atoms with Gasteiger partial charge in [-0.1, -0.05) is 51.4 Å². The molecule has 0 radical (unpaired) electrons. The molecule has 1 fully saturated rings. The number of piperidine rings is 1. The van der Waals surface area contributed by atoms with Crippen LogP contribution in [-0.4, -0.2) is 39.2 Å². The predicted octanol–water partition coefficient (Wildman–Crippen LogP) is 6.06. The molecule has 0 bridgehead atoms. The summed E-state index contributed by atoms with van der Waals surface area (Å²) in [6, 6.07) is 15.8. The van der Waals surface area contributed by atoms with Gasteiger partial charge in [-0.05, 0) is 55.7 Å². The first kappa shape index (κ1) is 20.5. The minimum absolute atomic E-state index is 0.186. The number of aromatic nitrogens is 2. The largest absolute Gasteiger partial charge is 0.342 e. The fraction of sp³-hybridized carbons (Fsp3) is 0.273. The zero-order valence-electron chi connectivity index (χ0n) is 15.9. The molecular formula is C22H21BrClN3OS. The van der Waals surface area contributed by atoms with E-state index in [-0.39, 0.29) is 5.91 Å². The molecule has 2 heterocycles. The number of carbonyl (C=O) groups is 1. The van der Waals surface area contributed by atoms with Crippen molar-refractivity contribution in [1.82, 2.24) is 14.5 Å². The molecule has 4 rings (SSSR count). The average Bonchev–Trinajstić information content (AvgIpc) is 3.17. The Bertz CT molecular complexity index is 982. The summed E-state index contributed by atoms with van der Waals surface area (Å²) in [5.41, 5.74) is 3.01. The van der Waals surface area contributed by atoms with Gasteiger partial charge in [0.25, 0.3) is 0 Å². The van der Waals surface area contributed by atoms with Crippen molar-refractivity contribution in [2.45, 2.75) is 24.4 Å². The van der Waals surface area contributed by atoms with Crippen LogP contribution in [0, 0.1) is 0 Å². The van der Waals surface area contributed by atoms with E-state index >= 15 is 0 Å². The summed E-state index contributed by atoms with van der Waals surface area (Å²) in [6.45, 7) is 1.74. The number of carbonyl (C=O) groups excluding carboxylic acids is 1. The zero-order valence-corrected chi connectivity index (χ0v) is 19.0. The Hall–Kier alpha value is -1.76. The highest BCUT2D eigenvalue weighted by atomic mass is 79.9. The smallest absolute Gasteiger partial charge is 0.233 e. The number of amides is 1. The highest BCUT2D eigenvalue weighted by molar-refractivity contribution is 9.10. The lowest BCUT2D eigenvalue weighted by Crippen LogP contribution is -2.36. The van der Waals surface area contributed by atoms with Gasteiger partial charge in [-0.25, -0.2) is 4.98 Å². The van der Waals surface area contributed by atoms with Gasteiger partial charge in [0.15, 0.2) is 5.16 Å². The maximum atomic E-state index is 12.6. The number of imidazole rings is 1. The Morgan fingerprint density at radius 3 is 2.41 bits per heavy atom. The second-order valence-corrected chi connectivity index (χ2v) is 9.27. The molecule has 0 aliphatic carbocycles. The summed E-state index contributed by atoms with van der Waals surface area (Å²) in [6.07, 6.45) is 5.28. The van der Waals surface area contributed by atoms with E-state index in [1.165, 1.54) is 18.2 Å². The van der Waals surface area contributed by atoms with Crippen molar-refractivity contribution < 1.29 is 4.79 Å². The number of hydrogen-bond acceptors (Lipinski definition) is 3. The molecule has 29 heavy (non-hydrogen) atoms. The van der Waals surface area contributed by atoms with Crippen LogP contribution in [0.4, 0.5) is 0 Å². The second kappa shape index (κ2) is 9.37. The summed E-state index contributed by atoms with van der Waals surface area (Å²) in [5, 5.41) is 1.49. The number of halogens is 2. The Morgan fingerprint density at radius 1 is 1.03 bits per heavy atom. The van der Waals surface area contributed by atoms with Crippen molar-refractivity contribution in [1.29, 1.82) is 0 Å². The first-order valence-electron chi connectivity index (χ1n) is 9.62. The predicted molar refractivity (Wildman–Crippen MR) is 123 cm³/mol. The van der Waals surface area contributed by atoms with E-state index in [0.717, 1.165) is 52.5 Å². The zero-order chi connectivity index (χ0) is 20.2. The van der Waals surface area contributed by atoms with E-state index in [4.69, 9.17) is 11.6 Å². The number of nitrogens with zero attached hydrogens (tertiary/aromatic N) is 3. The van der Waals surface area contributed by atoms with Crippen molar-refractivity contribution in [3.63, 3.8) is 0 Å². The lowest BCUT2D eigenvalue weighted by Gasteiger charge is -2.26. The van der Waals surface area contributed by atoms with Crippen LogP contribution >= 0.6 is 39.3 Å². The summed E-state index contributed by atoms with van der Waals surface area (Å²) in [5.74, 6) is 0.579. The molecule has 1 aliphatic heterocycles. The van der Waals surface area contributed by atoms with Crippen LogP contribution in [0.3, 0.4) is 0 Å². The van der Waals surface area contributed by atoms with Gasteiger partial charge < -0.3 is 4.90 Å². The lowest BCUT2D eigenvalue weighted by atomic mass is 10.1. The maximum Gasteiger partial charge on any atom is 0.233 e. The molecule has 0 N–H and O–H groups in total. The van der Waals surface area contributed by atoms with Crippen molar-refractivity contribution in [3.8, 4) is 16.9 Å². The van der Waals surface area contributed by atoms with E-state index in [1.54, 1.807) is 0 Å². The average molecular weight is 491 g/mol. The Morgan fingerprint density at radius 2 is 1.72 bits per heavy atom. The summed E-state index contributed by atoms with van der Waals surface area (Å²) < 4.78 is 3.12. The third kappa shape index (κ3) is 4.87. The van der Waals surface area contributed by atoms with Crippen LogP contribution in [0.15, 0.2) is 64.4 Å². The number of hydrogen-bond donors (Lipinski definition) is 0. The first-order valence-corrected chi connectivity index (χ1v) is 11.8. The van der Waals surface area contributed by atoms with E-state index in [9.17, 15) is 4.79 Å². The van der Waals surface area contributed by atoms with Crippen LogP contribution < -0.4 is 0 Å². The topological polar surface area (TPSA) is 38.1 Å². The van der Waals surface area contributed by atoms with Crippen LogP contribution in [0.25, 0.3) is 16.9 Å². The van der Waals surface area contributed by atoms with Crippen LogP contribution in [-0.2, 0) is 4.79 Å². The minimum atomic E-state index is 0.186. The molecule has 1 aromatic heterocycles. The fourth-order valence-electron chi connectivity index (χ4n) is 3.46. The van der Waals surface area contributed by atoms with Gasteiger partial charge in [0.05, 0.1) is 17.6 Å². The van der Waals surface area contributed by atoms with Gasteiger partial charge in [-0.15, -0.1) is 0 Å². The van der Waals surface area contributed by atoms with Crippen LogP contribution in [0.5, 0.6) is 0 Å². The Balaban J connectivity index is 1.63. The molecule has 0 saturated carbocycles. The Labute approximate surface area is 188 Å². The van der Waals surface area contributed by atoms with Gasteiger partial charge in [-0.3, -0.25) is 9.36 Å². The highest BCUT2D eigenvalue weighted by Gasteiger charge is 2.19. The molecule has 7 heteroatoms. The number of benzene rings is 2. The minimum Gasteiger partial charge on any atom is -0.342 e. The third-order valence-electron chi connectivity index (χ3n) is 4.99. The van der Waals surface area contributed by atoms with Crippen LogP contribution in [0.1, 0.15) is 19.3 Å². The van der Waals surface area contributed by atoms with Crippen LogP contribution in [0.2, 0.25) is 5.02 Å². The molecule has 1 aliphatic rings. The van der Waals surface area contributed by atoms with Crippen molar-refractivity contribution in [3.05, 3.63) is 64.2 Å². The number of thioether (sulfide) groups is 1. The molecule has 1 saturated heterocycles. The van der Waals surface area contributed by atoms with Gasteiger partial charge in [0, 0.05) is 33.8 Å². The summed E-state index contributed by atoms with van der Waals surface area (Å²) in [7, 11) is 0. The van der Waals surface area contributed by atoms with Gasteiger partial charge >= 0.3 is 0 Å². The molecule has 4 nitrogen and oxygen atoms in total. The van der Waals surface area contributed by atoms with Gasteiger partial charge in [-0.2, -0.15) is 0 Å². The number of likely N-dealkylation sites (tertiary alicyclic amines) is 1. The third-order valence-corrected chi connectivity index (χ3v) is 6.71. The van der Waals surface area contributed by atoms with Gasteiger partial charge in [0.1, 0.15) is 0 Å². The lowest BCUT2D eigenvalue weighted by molar-refractivity contribution is -0.129. The van der Waals surface area contributed by atoms with E-state index in [1.807, 2.05) is 47.5 Å². The summed E-state index contributed by atoms with van der Waals surface area (Å²) in [4.78, 5) is 19.2. The van der Waals surface area contributed by atoms with E-state index in [0.29, 0.717) is 10.8 Å².